The summed E-state index contributed by atoms with van der Waals surface area (Å²) in [7, 11) is -3.82. The maximum absolute atomic E-state index is 13.9. The van der Waals surface area contributed by atoms with Crippen LogP contribution in [0.4, 0.5) is 14.6 Å². The maximum Gasteiger partial charge on any atom is 0.302 e. The molecule has 0 unspecified atom stereocenters. The van der Waals surface area contributed by atoms with Gasteiger partial charge in [-0.2, -0.15) is 17.7 Å². The second kappa shape index (κ2) is 9.61. The van der Waals surface area contributed by atoms with E-state index >= 15 is 0 Å². The van der Waals surface area contributed by atoms with Crippen LogP contribution in [0.2, 0.25) is 0 Å². The van der Waals surface area contributed by atoms with Crippen LogP contribution in [0.1, 0.15) is 18.9 Å². The van der Waals surface area contributed by atoms with Gasteiger partial charge in [-0.05, 0) is 19.4 Å². The van der Waals surface area contributed by atoms with Crippen LogP contribution in [0.15, 0.2) is 29.4 Å². The molecular weight excluding hydrogens is 454 g/mol. The summed E-state index contributed by atoms with van der Waals surface area (Å²) in [6, 6.07) is 5.00. The van der Waals surface area contributed by atoms with Gasteiger partial charge in [0.05, 0.1) is 13.2 Å². The van der Waals surface area contributed by atoms with E-state index in [4.69, 9.17) is 4.74 Å². The number of aromatic nitrogens is 2. The maximum atomic E-state index is 13.9. The molecule has 0 aliphatic carbocycles. The van der Waals surface area contributed by atoms with Crippen molar-refractivity contribution in [2.75, 3.05) is 31.0 Å². The largest absolute Gasteiger partial charge is 0.466 e. The summed E-state index contributed by atoms with van der Waals surface area (Å²) in [6.07, 6.45) is 0.755. The van der Waals surface area contributed by atoms with Crippen LogP contribution in [-0.4, -0.2) is 64.8 Å². The van der Waals surface area contributed by atoms with Gasteiger partial charge < -0.3 is 14.9 Å². The first kappa shape index (κ1) is 23.6. The molecule has 1 aliphatic rings. The predicted molar refractivity (Wildman–Crippen MR) is 110 cm³/mol. The molecule has 1 aliphatic heterocycles. The summed E-state index contributed by atoms with van der Waals surface area (Å²) >= 11 is 0.938. The van der Waals surface area contributed by atoms with Crippen molar-refractivity contribution in [3.05, 3.63) is 41.5 Å². The highest BCUT2D eigenvalue weighted by Crippen LogP contribution is 2.28. The Balaban J connectivity index is 1.87. The number of ether oxygens (including phenoxy) is 1. The number of rotatable bonds is 10. The number of hydrogen-bond acceptors (Lipinski definition) is 8. The number of nitrogens with one attached hydrogen (secondary N) is 1. The number of hydrogen-bond donors (Lipinski definition) is 3. The molecule has 0 atom stereocenters. The van der Waals surface area contributed by atoms with Crippen LogP contribution >= 0.6 is 11.8 Å². The minimum absolute atomic E-state index is 0.0252. The van der Waals surface area contributed by atoms with Crippen LogP contribution in [0.3, 0.4) is 0 Å². The van der Waals surface area contributed by atoms with Crippen molar-refractivity contribution in [1.82, 2.24) is 14.3 Å². The summed E-state index contributed by atoms with van der Waals surface area (Å²) in [5, 5.41) is 19.0. The van der Waals surface area contributed by atoms with Gasteiger partial charge >= 0.3 is 10.2 Å². The Hall–Kier alpha value is -2.06. The van der Waals surface area contributed by atoms with Gasteiger partial charge in [0.25, 0.3) is 0 Å². The Kier molecular flexibility index (Phi) is 7.31. The topological polar surface area (TPSA) is 125 Å². The lowest BCUT2D eigenvalue weighted by atomic mass is 10.1. The van der Waals surface area contributed by atoms with Crippen LogP contribution in [0.25, 0.3) is 0 Å². The number of benzene rings is 1. The molecule has 170 valence electrons. The lowest BCUT2D eigenvalue weighted by Gasteiger charge is -2.30. The highest BCUT2D eigenvalue weighted by Gasteiger charge is 2.29. The molecule has 3 N–H and O–H groups in total. The number of nitrogens with zero attached hydrogens (tertiary/aromatic N) is 3. The van der Waals surface area contributed by atoms with Crippen molar-refractivity contribution in [2.45, 2.75) is 29.9 Å². The summed E-state index contributed by atoms with van der Waals surface area (Å²) in [5.41, 5.74) is -1.29. The van der Waals surface area contributed by atoms with Crippen molar-refractivity contribution in [3.8, 4) is 5.88 Å². The Morgan fingerprint density at radius 2 is 1.97 bits per heavy atom. The van der Waals surface area contributed by atoms with Crippen molar-refractivity contribution in [1.29, 1.82) is 0 Å². The van der Waals surface area contributed by atoms with Gasteiger partial charge in [-0.1, -0.05) is 23.9 Å². The van der Waals surface area contributed by atoms with Gasteiger partial charge in [-0.15, -0.1) is 0 Å². The smallest absolute Gasteiger partial charge is 0.302 e. The van der Waals surface area contributed by atoms with Crippen LogP contribution in [-0.2, 0) is 16.0 Å². The third-order valence-electron chi connectivity index (χ3n) is 4.48. The minimum Gasteiger partial charge on any atom is -0.466 e. The first-order chi connectivity index (χ1) is 14.7. The zero-order valence-electron chi connectivity index (χ0n) is 16.6. The van der Waals surface area contributed by atoms with E-state index in [1.165, 1.54) is 29.4 Å². The van der Waals surface area contributed by atoms with E-state index < -0.39 is 40.7 Å². The molecule has 13 heteroatoms. The zero-order chi connectivity index (χ0) is 22.6. The second-order valence-corrected chi connectivity index (χ2v) is 9.72. The second-order valence-electron chi connectivity index (χ2n) is 7.10. The molecule has 0 bridgehead atoms. The summed E-state index contributed by atoms with van der Waals surface area (Å²) < 4.78 is 61.3. The monoisotopic (exact) mass is 476 g/mol. The molecule has 1 aromatic heterocycles. The van der Waals surface area contributed by atoms with Gasteiger partial charge in [-0.3, -0.25) is 4.72 Å². The molecular formula is C18H22F2N4O5S2. The van der Waals surface area contributed by atoms with Crippen molar-refractivity contribution in [2.24, 2.45) is 0 Å². The van der Waals surface area contributed by atoms with Gasteiger partial charge in [0.1, 0.15) is 5.82 Å². The number of aliphatic hydroxyl groups is 2. The first-order valence-electron chi connectivity index (χ1n) is 9.29. The fraction of sp³-hybridized carbons (Fsp3) is 0.444. The average molecular weight is 477 g/mol. The Morgan fingerprint density at radius 3 is 2.58 bits per heavy atom. The SMILES string of the molecule is CC(CO)(CO)Oc1cc(NS(=O)(=O)N2CCC2)nc(SCc2cccc(F)c2F)n1. The van der Waals surface area contributed by atoms with Gasteiger partial charge in [-0.25, -0.2) is 13.8 Å². The van der Waals surface area contributed by atoms with E-state index in [1.54, 1.807) is 0 Å². The summed E-state index contributed by atoms with van der Waals surface area (Å²) in [5.74, 6) is -2.21. The highest BCUT2D eigenvalue weighted by atomic mass is 32.2. The lowest BCUT2D eigenvalue weighted by Crippen LogP contribution is -2.45. The fourth-order valence-electron chi connectivity index (χ4n) is 2.47. The zero-order valence-corrected chi connectivity index (χ0v) is 18.2. The van der Waals surface area contributed by atoms with E-state index in [0.717, 1.165) is 24.2 Å². The molecule has 31 heavy (non-hydrogen) atoms. The number of halogens is 2. The van der Waals surface area contributed by atoms with Crippen molar-refractivity contribution in [3.63, 3.8) is 0 Å². The molecule has 1 fully saturated rings. The summed E-state index contributed by atoms with van der Waals surface area (Å²) in [6.45, 7) is 1.15. The fourth-order valence-corrected chi connectivity index (χ4v) is 4.53. The number of anilines is 1. The molecule has 3 rings (SSSR count). The molecule has 1 aromatic carbocycles. The van der Waals surface area contributed by atoms with Crippen LogP contribution < -0.4 is 9.46 Å². The predicted octanol–water partition coefficient (Wildman–Crippen LogP) is 1.53. The van der Waals surface area contributed by atoms with Gasteiger partial charge in [0.2, 0.25) is 5.88 Å². The van der Waals surface area contributed by atoms with E-state index in [2.05, 4.69) is 14.7 Å². The highest BCUT2D eigenvalue weighted by molar-refractivity contribution is 7.98. The molecule has 9 nitrogen and oxygen atoms in total. The molecule has 0 radical (unpaired) electrons. The van der Waals surface area contributed by atoms with E-state index in [-0.39, 0.29) is 28.2 Å². The first-order valence-corrected chi connectivity index (χ1v) is 11.7. The van der Waals surface area contributed by atoms with E-state index in [0.29, 0.717) is 13.1 Å². The standard InChI is InChI=1S/C18H22F2N4O5S2/c1-18(10-25,11-26)29-15-8-14(23-31(27,28)24-6-3-7-24)21-17(22-15)30-9-12-4-2-5-13(19)16(12)20/h2,4-5,8,25-26H,3,6-7,9-11H2,1H3,(H,21,22,23). The van der Waals surface area contributed by atoms with Gasteiger partial charge in [0.15, 0.2) is 22.4 Å². The number of thioether (sulfide) groups is 1. The molecule has 2 heterocycles. The van der Waals surface area contributed by atoms with Crippen molar-refractivity contribution >= 4 is 27.8 Å². The number of aliphatic hydroxyl groups excluding tert-OH is 2. The molecule has 0 amide bonds. The Bertz CT molecular complexity index is 1030. The third kappa shape index (κ3) is 5.80. The quantitative estimate of drug-likeness (QED) is 0.348. The lowest BCUT2D eigenvalue weighted by molar-refractivity contribution is -0.0228. The van der Waals surface area contributed by atoms with Crippen LogP contribution in [0.5, 0.6) is 5.88 Å². The van der Waals surface area contributed by atoms with Crippen molar-refractivity contribution < 1.29 is 32.1 Å². The normalized spacial score (nSPS) is 14.9. The Morgan fingerprint density at radius 1 is 1.26 bits per heavy atom. The molecule has 0 spiro atoms. The third-order valence-corrected chi connectivity index (χ3v) is 6.89. The van der Waals surface area contributed by atoms with E-state index in [9.17, 15) is 27.4 Å². The molecule has 1 saturated heterocycles. The molecule has 0 saturated carbocycles. The van der Waals surface area contributed by atoms with Gasteiger partial charge in [0, 0.05) is 30.5 Å². The minimum atomic E-state index is -3.82. The summed E-state index contributed by atoms with van der Waals surface area (Å²) in [4.78, 5) is 8.26. The molecule has 2 aromatic rings. The van der Waals surface area contributed by atoms with E-state index in [1.807, 2.05) is 0 Å². The average Bonchev–Trinajstić information content (AvgIpc) is 2.66. The van der Waals surface area contributed by atoms with Crippen LogP contribution in [0, 0.1) is 11.6 Å². The Labute approximate surface area is 182 Å².